The molecule has 2 heterocycles. The number of hydrogen-bond acceptors (Lipinski definition) is 3. The molecule has 3 nitrogen and oxygen atoms in total. The molecule has 0 spiro atoms. The van der Waals surface area contributed by atoms with Crippen LogP contribution < -0.4 is 10.4 Å². The van der Waals surface area contributed by atoms with Gasteiger partial charge in [-0.25, -0.2) is 4.79 Å². The highest BCUT2D eigenvalue weighted by molar-refractivity contribution is 14.1. The summed E-state index contributed by atoms with van der Waals surface area (Å²) >= 11 is 2.45. The third-order valence-corrected chi connectivity index (χ3v) is 6.81. The molecule has 4 rings (SSSR count). The number of hydrogen-bond donors (Lipinski definition) is 0. The Labute approximate surface area is 149 Å². The maximum absolute atomic E-state index is 12.6. The largest absolute Gasteiger partial charge is 0.488 e. The summed E-state index contributed by atoms with van der Waals surface area (Å²) in [5, 5.41) is 0.951. The zero-order valence-electron chi connectivity index (χ0n) is 13.7. The molecule has 2 aliphatic rings. The van der Waals surface area contributed by atoms with Crippen LogP contribution in [0.1, 0.15) is 57.1 Å². The fourth-order valence-electron chi connectivity index (χ4n) is 3.80. The average molecular weight is 424 g/mol. The minimum atomic E-state index is -0.219. The number of ether oxygens (including phenoxy) is 1. The van der Waals surface area contributed by atoms with Crippen molar-refractivity contribution >= 4 is 33.6 Å². The quantitative estimate of drug-likeness (QED) is 0.342. The number of halogens is 1. The van der Waals surface area contributed by atoms with E-state index in [1.165, 1.54) is 5.56 Å². The van der Waals surface area contributed by atoms with Gasteiger partial charge in [0.05, 0.1) is 14.9 Å². The molecule has 2 aromatic rings. The van der Waals surface area contributed by atoms with E-state index in [2.05, 4.69) is 49.4 Å². The molecule has 1 fully saturated rings. The predicted octanol–water partition coefficient (Wildman–Crippen LogP) is 4.92. The Bertz CT molecular complexity index is 831. The van der Waals surface area contributed by atoms with Crippen LogP contribution in [0.5, 0.6) is 5.75 Å². The molecular weight excluding hydrogens is 403 g/mol. The fraction of sp³-hybridized carbons (Fsp3) is 0.526. The molecule has 1 aromatic carbocycles. The second kappa shape index (κ2) is 5.23. The van der Waals surface area contributed by atoms with Crippen molar-refractivity contribution in [2.45, 2.75) is 61.4 Å². The van der Waals surface area contributed by atoms with Crippen LogP contribution in [-0.4, -0.2) is 10.0 Å². The van der Waals surface area contributed by atoms with Crippen molar-refractivity contribution in [2.75, 3.05) is 0 Å². The van der Waals surface area contributed by atoms with Crippen molar-refractivity contribution in [3.05, 3.63) is 39.7 Å². The van der Waals surface area contributed by atoms with E-state index in [-0.39, 0.29) is 23.1 Å². The monoisotopic (exact) mass is 424 g/mol. The summed E-state index contributed by atoms with van der Waals surface area (Å²) in [6.45, 7) is 6.57. The summed E-state index contributed by atoms with van der Waals surface area (Å²) in [5.41, 5.74) is 2.45. The average Bonchev–Trinajstić information content (AvgIpc) is 2.46. The van der Waals surface area contributed by atoms with Crippen molar-refractivity contribution in [3.63, 3.8) is 0 Å². The molecule has 122 valence electrons. The maximum atomic E-state index is 12.6. The third kappa shape index (κ3) is 2.41. The Morgan fingerprint density at radius 3 is 2.74 bits per heavy atom. The van der Waals surface area contributed by atoms with Gasteiger partial charge in [-0.1, -0.05) is 49.4 Å². The van der Waals surface area contributed by atoms with E-state index in [1.54, 1.807) is 0 Å². The topological polar surface area (TPSA) is 39.4 Å². The summed E-state index contributed by atoms with van der Waals surface area (Å²) in [6.07, 6.45) is 3.46. The highest BCUT2D eigenvalue weighted by atomic mass is 127. The lowest BCUT2D eigenvalue weighted by atomic mass is 9.79. The Kier molecular flexibility index (Phi) is 3.52. The molecule has 1 aliphatic carbocycles. The van der Waals surface area contributed by atoms with E-state index in [1.807, 2.05) is 12.1 Å². The van der Waals surface area contributed by atoms with Crippen LogP contribution in [-0.2, 0) is 5.41 Å². The Morgan fingerprint density at radius 1 is 1.22 bits per heavy atom. The molecular formula is C19H21IO3. The summed E-state index contributed by atoms with van der Waals surface area (Å²) in [6, 6.07) is 6.09. The smallest absolute Gasteiger partial charge is 0.343 e. The standard InChI is InChI=1S/C19H21IO3/c1-19(2,3)10-7-8-13-12(9-10)17-15(18(21)23-13)11-5-4-6-14(22-17)16(11)20/h7-9,11,14,16H,4-6H2,1-3H3/t11-,14-,16+/m1/s1. The SMILES string of the molecule is CC(C)(C)c1ccc2oc(=O)c3c(c2c1)O[C@@H]1CCC[C@H]3[C@@H]1I. The summed E-state index contributed by atoms with van der Waals surface area (Å²) in [4.78, 5) is 12.6. The van der Waals surface area contributed by atoms with Gasteiger partial charge < -0.3 is 9.15 Å². The minimum Gasteiger partial charge on any atom is -0.488 e. The van der Waals surface area contributed by atoms with Crippen molar-refractivity contribution < 1.29 is 9.15 Å². The Balaban J connectivity index is 2.01. The first-order valence-electron chi connectivity index (χ1n) is 8.28. The zero-order valence-corrected chi connectivity index (χ0v) is 15.8. The number of alkyl halides is 1. The van der Waals surface area contributed by atoms with Gasteiger partial charge in [0.2, 0.25) is 0 Å². The molecule has 0 unspecified atom stereocenters. The van der Waals surface area contributed by atoms with Gasteiger partial charge in [-0.05, 0) is 42.4 Å². The van der Waals surface area contributed by atoms with Crippen molar-refractivity contribution in [1.82, 2.24) is 0 Å². The number of benzene rings is 1. The van der Waals surface area contributed by atoms with Gasteiger partial charge in [-0.15, -0.1) is 0 Å². The highest BCUT2D eigenvalue weighted by Crippen LogP contribution is 2.48. The third-order valence-electron chi connectivity index (χ3n) is 5.14. The molecule has 2 bridgehead atoms. The van der Waals surface area contributed by atoms with E-state index >= 15 is 0 Å². The number of fused-ring (bicyclic) bond motifs is 6. The molecule has 0 amide bonds. The van der Waals surface area contributed by atoms with Gasteiger partial charge in [0.15, 0.2) is 0 Å². The van der Waals surface area contributed by atoms with Crippen LogP contribution in [0.4, 0.5) is 0 Å². The lowest BCUT2D eigenvalue weighted by molar-refractivity contribution is 0.132. The molecule has 1 aliphatic heterocycles. The van der Waals surface area contributed by atoms with Crippen LogP contribution in [0, 0.1) is 0 Å². The maximum Gasteiger partial charge on any atom is 0.343 e. The first kappa shape index (κ1) is 15.5. The van der Waals surface area contributed by atoms with Gasteiger partial charge in [-0.3, -0.25) is 0 Å². The van der Waals surface area contributed by atoms with Gasteiger partial charge in [0, 0.05) is 5.92 Å². The summed E-state index contributed by atoms with van der Waals surface area (Å²) < 4.78 is 12.3. The zero-order chi connectivity index (χ0) is 16.4. The van der Waals surface area contributed by atoms with E-state index < -0.39 is 0 Å². The van der Waals surface area contributed by atoms with E-state index in [0.717, 1.165) is 36.0 Å². The first-order chi connectivity index (χ1) is 10.9. The van der Waals surface area contributed by atoms with Crippen LogP contribution in [0.2, 0.25) is 0 Å². The van der Waals surface area contributed by atoms with Gasteiger partial charge >= 0.3 is 5.63 Å². The molecule has 4 heteroatoms. The second-order valence-corrected chi connectivity index (χ2v) is 9.17. The molecule has 23 heavy (non-hydrogen) atoms. The minimum absolute atomic E-state index is 0.0492. The Morgan fingerprint density at radius 2 is 2.00 bits per heavy atom. The Hall–Kier alpha value is -1.04. The molecule has 0 radical (unpaired) electrons. The van der Waals surface area contributed by atoms with Crippen molar-refractivity contribution in [1.29, 1.82) is 0 Å². The summed E-state index contributed by atoms with van der Waals surface area (Å²) in [7, 11) is 0. The van der Waals surface area contributed by atoms with Crippen LogP contribution >= 0.6 is 22.6 Å². The first-order valence-corrected chi connectivity index (χ1v) is 9.53. The van der Waals surface area contributed by atoms with Crippen molar-refractivity contribution in [2.24, 2.45) is 0 Å². The fourth-order valence-corrected chi connectivity index (χ4v) is 5.02. The van der Waals surface area contributed by atoms with Gasteiger partial charge in [-0.2, -0.15) is 0 Å². The van der Waals surface area contributed by atoms with Gasteiger partial charge in [0.1, 0.15) is 17.4 Å². The lowest BCUT2D eigenvalue weighted by Crippen LogP contribution is -2.42. The molecule has 3 atom stereocenters. The molecule has 1 aromatic heterocycles. The summed E-state index contributed by atoms with van der Waals surface area (Å²) in [5.74, 6) is 1.04. The van der Waals surface area contributed by atoms with Crippen LogP contribution in [0.3, 0.4) is 0 Å². The normalized spacial score (nSPS) is 26.7. The second-order valence-electron chi connectivity index (χ2n) is 7.73. The van der Waals surface area contributed by atoms with Crippen LogP contribution in [0.15, 0.2) is 27.4 Å². The highest BCUT2D eigenvalue weighted by Gasteiger charge is 2.42. The van der Waals surface area contributed by atoms with E-state index in [9.17, 15) is 4.79 Å². The van der Waals surface area contributed by atoms with Crippen molar-refractivity contribution in [3.8, 4) is 5.75 Å². The molecule has 0 saturated heterocycles. The van der Waals surface area contributed by atoms with E-state index in [4.69, 9.17) is 9.15 Å². The van der Waals surface area contributed by atoms with Crippen LogP contribution in [0.25, 0.3) is 11.0 Å². The molecule has 1 saturated carbocycles. The predicted molar refractivity (Wildman–Crippen MR) is 100 cm³/mol. The lowest BCUT2D eigenvalue weighted by Gasteiger charge is -2.40. The number of rotatable bonds is 0. The molecule has 0 N–H and O–H groups in total. The van der Waals surface area contributed by atoms with Gasteiger partial charge in [0.25, 0.3) is 0 Å². The van der Waals surface area contributed by atoms with E-state index in [0.29, 0.717) is 9.51 Å².